The molecule has 0 bridgehead atoms. The van der Waals surface area contributed by atoms with Crippen molar-refractivity contribution in [2.75, 3.05) is 0 Å². The van der Waals surface area contributed by atoms with Gasteiger partial charge in [0.25, 0.3) is 0 Å². The summed E-state index contributed by atoms with van der Waals surface area (Å²) in [5, 5.41) is 8.43. The zero-order valence-corrected chi connectivity index (χ0v) is 11.7. The van der Waals surface area contributed by atoms with Gasteiger partial charge in [0.15, 0.2) is 0 Å². The third-order valence-electron chi connectivity index (χ3n) is 2.93. The fourth-order valence-corrected chi connectivity index (χ4v) is 3.04. The lowest BCUT2D eigenvalue weighted by Gasteiger charge is -2.19. The Morgan fingerprint density at radius 1 is 1.43 bits per heavy atom. The summed E-state index contributed by atoms with van der Waals surface area (Å²) in [6.07, 6.45) is -2.84. The minimum absolute atomic E-state index is 0.137. The van der Waals surface area contributed by atoms with Gasteiger partial charge < -0.3 is 0 Å². The Kier molecular flexibility index (Phi) is 5.04. The van der Waals surface area contributed by atoms with Gasteiger partial charge in [0.1, 0.15) is 17.5 Å². The molecule has 0 amide bonds. The fraction of sp³-hybridized carbons (Fsp3) is 0.267. The molecule has 1 atom stereocenters. The zero-order chi connectivity index (χ0) is 15.4. The third-order valence-corrected chi connectivity index (χ3v) is 4.19. The van der Waals surface area contributed by atoms with Crippen molar-refractivity contribution < 1.29 is 13.2 Å². The predicted molar refractivity (Wildman–Crippen MR) is 77.4 cm³/mol. The molecule has 0 saturated carbocycles. The molecule has 1 aliphatic rings. The van der Waals surface area contributed by atoms with Crippen LogP contribution < -0.4 is 0 Å². The van der Waals surface area contributed by atoms with E-state index in [1.54, 1.807) is 0 Å². The second-order valence-electron chi connectivity index (χ2n) is 4.32. The van der Waals surface area contributed by atoms with Crippen LogP contribution in [0, 0.1) is 29.0 Å². The Bertz CT molecular complexity index is 682. The molecule has 1 heterocycles. The van der Waals surface area contributed by atoms with E-state index in [-0.39, 0.29) is 11.9 Å². The van der Waals surface area contributed by atoms with E-state index in [9.17, 15) is 13.2 Å². The number of hydrogen-bond donors (Lipinski definition) is 0. The van der Waals surface area contributed by atoms with E-state index in [1.807, 2.05) is 6.07 Å². The van der Waals surface area contributed by atoms with Crippen molar-refractivity contribution in [3.8, 4) is 17.9 Å². The highest BCUT2D eigenvalue weighted by atomic mass is 32.2. The lowest BCUT2D eigenvalue weighted by atomic mass is 9.99. The van der Waals surface area contributed by atoms with Gasteiger partial charge in [0.2, 0.25) is 6.43 Å². The van der Waals surface area contributed by atoms with Crippen LogP contribution in [-0.2, 0) is 6.42 Å². The number of allylic oxidation sites excluding steroid dienone is 2. The van der Waals surface area contributed by atoms with E-state index in [1.165, 1.54) is 23.9 Å². The molecular weight excluding hydrogens is 294 g/mol. The second-order valence-corrected chi connectivity index (χ2v) is 5.52. The molecule has 1 aromatic rings. The van der Waals surface area contributed by atoms with Crippen LogP contribution in [0.3, 0.4) is 0 Å². The van der Waals surface area contributed by atoms with Crippen LogP contribution in [0.1, 0.15) is 16.4 Å². The Morgan fingerprint density at radius 3 is 2.81 bits per heavy atom. The molecule has 0 N–H and O–H groups in total. The molecule has 0 spiro atoms. The highest BCUT2D eigenvalue weighted by Gasteiger charge is 2.22. The number of benzene rings is 1. The van der Waals surface area contributed by atoms with Crippen molar-refractivity contribution in [2.24, 2.45) is 0 Å². The predicted octanol–water partition coefficient (Wildman–Crippen LogP) is 3.79. The topological polar surface area (TPSA) is 23.8 Å². The first-order chi connectivity index (χ1) is 10.0. The highest BCUT2D eigenvalue weighted by Crippen LogP contribution is 2.41. The van der Waals surface area contributed by atoms with Crippen molar-refractivity contribution in [2.45, 2.75) is 24.4 Å². The molecule has 1 nitrogen and oxygen atoms in total. The number of rotatable bonds is 4. The van der Waals surface area contributed by atoms with Crippen molar-refractivity contribution in [3.63, 3.8) is 0 Å². The Balaban J connectivity index is 2.39. The van der Waals surface area contributed by atoms with Crippen LogP contribution in [0.25, 0.3) is 0 Å². The van der Waals surface area contributed by atoms with E-state index in [0.29, 0.717) is 16.0 Å². The number of nitriles is 1. The van der Waals surface area contributed by atoms with Gasteiger partial charge in [0.05, 0.1) is 13.1 Å². The van der Waals surface area contributed by atoms with Crippen molar-refractivity contribution in [1.29, 1.82) is 5.26 Å². The van der Waals surface area contributed by atoms with Crippen LogP contribution >= 0.6 is 11.8 Å². The van der Waals surface area contributed by atoms with Gasteiger partial charge in [0, 0.05) is 11.3 Å². The minimum Gasteiger partial charge on any atom is -0.210 e. The van der Waals surface area contributed by atoms with Crippen LogP contribution in [0.4, 0.5) is 13.2 Å². The number of hydrogen-bond acceptors (Lipinski definition) is 2. The standard InChI is InChI=1S/C15H9BF3NS/c16-7-14-10(8-20)2-4-13(21-14)12-6-11(17)3-1-9(12)5-15(18)19/h1,3,6,13,15H,5,7H2. The molecule has 21 heavy (non-hydrogen) atoms. The van der Waals surface area contributed by atoms with Crippen molar-refractivity contribution >= 4 is 19.6 Å². The van der Waals surface area contributed by atoms with Crippen molar-refractivity contribution in [3.05, 3.63) is 45.6 Å². The van der Waals surface area contributed by atoms with Gasteiger partial charge in [-0.05, 0) is 23.3 Å². The number of halogens is 3. The molecule has 2 rings (SSSR count). The molecule has 0 fully saturated rings. The first-order valence-electron chi connectivity index (χ1n) is 6.13. The quantitative estimate of drug-likeness (QED) is 0.624. The molecular formula is C15H9BF3NS. The van der Waals surface area contributed by atoms with E-state index in [2.05, 4.69) is 11.8 Å². The van der Waals surface area contributed by atoms with E-state index < -0.39 is 23.9 Å². The molecule has 2 radical (unpaired) electrons. The van der Waals surface area contributed by atoms with E-state index in [4.69, 9.17) is 13.1 Å². The molecule has 1 aromatic carbocycles. The first kappa shape index (κ1) is 15.6. The zero-order valence-electron chi connectivity index (χ0n) is 10.9. The van der Waals surface area contributed by atoms with E-state index >= 15 is 0 Å². The summed E-state index contributed by atoms with van der Waals surface area (Å²) in [6, 6.07) is 5.67. The lowest BCUT2D eigenvalue weighted by Crippen LogP contribution is -2.06. The normalized spacial score (nSPS) is 17.4. The van der Waals surface area contributed by atoms with E-state index in [0.717, 1.165) is 6.07 Å². The monoisotopic (exact) mass is 303 g/mol. The van der Waals surface area contributed by atoms with Gasteiger partial charge in [-0.3, -0.25) is 0 Å². The molecule has 0 aliphatic carbocycles. The first-order valence-corrected chi connectivity index (χ1v) is 7.01. The summed E-state index contributed by atoms with van der Waals surface area (Å²) >= 11 is 1.21. The average molecular weight is 303 g/mol. The summed E-state index contributed by atoms with van der Waals surface area (Å²) in [5.41, 5.74) is 1.05. The summed E-state index contributed by atoms with van der Waals surface area (Å²) in [7, 11) is 5.57. The number of alkyl halides is 2. The van der Waals surface area contributed by atoms with Crippen LogP contribution in [0.5, 0.6) is 0 Å². The molecule has 6 heteroatoms. The molecule has 0 saturated heterocycles. The maximum absolute atomic E-state index is 13.4. The Morgan fingerprint density at radius 2 is 2.19 bits per heavy atom. The Labute approximate surface area is 126 Å². The Hall–Kier alpha value is -1.79. The average Bonchev–Trinajstić information content (AvgIpc) is 2.48. The maximum atomic E-state index is 13.4. The highest BCUT2D eigenvalue weighted by molar-refractivity contribution is 8.03. The third kappa shape index (κ3) is 3.65. The van der Waals surface area contributed by atoms with Crippen LogP contribution in [0.15, 0.2) is 28.7 Å². The fourth-order valence-electron chi connectivity index (χ4n) is 1.98. The summed E-state index contributed by atoms with van der Waals surface area (Å²) in [5.74, 6) is 4.98. The lowest BCUT2D eigenvalue weighted by molar-refractivity contribution is 0.149. The summed E-state index contributed by atoms with van der Waals surface area (Å²) < 4.78 is 38.7. The maximum Gasteiger partial charge on any atom is 0.242 e. The van der Waals surface area contributed by atoms with Crippen LogP contribution in [-0.4, -0.2) is 14.3 Å². The van der Waals surface area contributed by atoms with Gasteiger partial charge in [-0.1, -0.05) is 24.2 Å². The SMILES string of the molecule is [B]CC1=C(C#N)C#CC(c2cc(F)ccc2CC(F)F)S1. The summed E-state index contributed by atoms with van der Waals surface area (Å²) in [6.45, 7) is 0. The smallest absolute Gasteiger partial charge is 0.210 e. The largest absolute Gasteiger partial charge is 0.242 e. The molecule has 1 aliphatic heterocycles. The summed E-state index contributed by atoms with van der Waals surface area (Å²) in [4.78, 5) is 0.591. The van der Waals surface area contributed by atoms with Gasteiger partial charge in [-0.25, -0.2) is 13.2 Å². The number of nitrogens with zero attached hydrogens (tertiary/aromatic N) is 1. The minimum atomic E-state index is -2.52. The molecule has 1 unspecified atom stereocenters. The molecule has 104 valence electrons. The van der Waals surface area contributed by atoms with Gasteiger partial charge >= 0.3 is 0 Å². The molecule has 0 aromatic heterocycles. The van der Waals surface area contributed by atoms with Gasteiger partial charge in [-0.15, -0.1) is 11.8 Å². The van der Waals surface area contributed by atoms with Crippen LogP contribution in [0.2, 0.25) is 6.32 Å². The number of thioether (sulfide) groups is 1. The van der Waals surface area contributed by atoms with Crippen molar-refractivity contribution in [1.82, 2.24) is 0 Å². The van der Waals surface area contributed by atoms with Gasteiger partial charge in [-0.2, -0.15) is 5.26 Å². The second kappa shape index (κ2) is 6.78.